The first-order valence-corrected chi connectivity index (χ1v) is 6.99. The van der Waals surface area contributed by atoms with E-state index in [2.05, 4.69) is 10.2 Å². The zero-order valence-electron chi connectivity index (χ0n) is 9.09. The highest BCUT2D eigenvalue weighted by molar-refractivity contribution is 8.00. The summed E-state index contributed by atoms with van der Waals surface area (Å²) in [6.45, 7) is 0. The van der Waals surface area contributed by atoms with Gasteiger partial charge < -0.3 is 0 Å². The minimum absolute atomic E-state index is 0.581. The van der Waals surface area contributed by atoms with Crippen LogP contribution in [0.3, 0.4) is 0 Å². The molecular formula is C11H14N4S. The number of thioether (sulfide) groups is 1. The molecule has 0 bridgehead atoms. The molecule has 1 aliphatic heterocycles. The summed E-state index contributed by atoms with van der Waals surface area (Å²) in [6, 6.07) is 0. The second-order valence-electron chi connectivity index (χ2n) is 4.87. The Bertz CT molecular complexity index is 461. The van der Waals surface area contributed by atoms with Crippen molar-refractivity contribution in [2.45, 2.75) is 54.8 Å². The maximum atomic E-state index is 4.78. The molecule has 0 radical (unpaired) electrons. The van der Waals surface area contributed by atoms with Crippen LogP contribution >= 0.6 is 11.8 Å². The van der Waals surface area contributed by atoms with Crippen molar-refractivity contribution in [3.63, 3.8) is 0 Å². The lowest BCUT2D eigenvalue weighted by Gasteiger charge is -2.26. The molecule has 1 atom stereocenters. The van der Waals surface area contributed by atoms with Crippen molar-refractivity contribution in [2.24, 2.45) is 5.10 Å². The zero-order valence-corrected chi connectivity index (χ0v) is 9.91. The lowest BCUT2D eigenvalue weighted by Crippen LogP contribution is -2.26. The van der Waals surface area contributed by atoms with E-state index in [0.29, 0.717) is 11.2 Å². The van der Waals surface area contributed by atoms with Gasteiger partial charge in [-0.15, -0.1) is 10.2 Å². The Morgan fingerprint density at radius 2 is 2.06 bits per heavy atom. The van der Waals surface area contributed by atoms with E-state index in [0.717, 1.165) is 11.0 Å². The third kappa shape index (κ3) is 1.34. The van der Waals surface area contributed by atoms with Gasteiger partial charge in [-0.25, -0.2) is 0 Å². The molecule has 0 spiro atoms. The molecule has 0 aromatic carbocycles. The number of aromatic nitrogens is 3. The summed E-state index contributed by atoms with van der Waals surface area (Å²) in [6.07, 6.45) is 7.58. The molecule has 0 amide bonds. The molecule has 2 aliphatic carbocycles. The molecular weight excluding hydrogens is 220 g/mol. The van der Waals surface area contributed by atoms with E-state index in [4.69, 9.17) is 5.10 Å². The van der Waals surface area contributed by atoms with E-state index in [-0.39, 0.29) is 0 Å². The second-order valence-corrected chi connectivity index (χ2v) is 6.04. The molecule has 1 aromatic heterocycles. The first-order chi connectivity index (χ1) is 7.92. The number of hydrogen-bond acceptors (Lipinski definition) is 4. The SMILES string of the molecule is C1CCC2Sc3nnc(C4CC4)n3N=C2C1. The molecule has 3 aliphatic rings. The predicted octanol–water partition coefficient (Wildman–Crippen LogP) is 2.41. The van der Waals surface area contributed by atoms with Gasteiger partial charge in [0.25, 0.3) is 0 Å². The summed E-state index contributed by atoms with van der Waals surface area (Å²) in [4.78, 5) is 0. The van der Waals surface area contributed by atoms with Crippen LogP contribution in [-0.2, 0) is 0 Å². The zero-order chi connectivity index (χ0) is 10.5. The van der Waals surface area contributed by atoms with Crippen LogP contribution in [0.25, 0.3) is 0 Å². The van der Waals surface area contributed by atoms with Gasteiger partial charge in [-0.2, -0.15) is 9.78 Å². The van der Waals surface area contributed by atoms with Crippen molar-refractivity contribution < 1.29 is 0 Å². The van der Waals surface area contributed by atoms with Gasteiger partial charge in [0.05, 0.1) is 11.0 Å². The molecule has 0 N–H and O–H groups in total. The van der Waals surface area contributed by atoms with Gasteiger partial charge in [0.1, 0.15) is 0 Å². The minimum atomic E-state index is 0.581. The molecule has 4 rings (SSSR count). The molecule has 5 heteroatoms. The van der Waals surface area contributed by atoms with Crippen LogP contribution in [0.2, 0.25) is 0 Å². The van der Waals surface area contributed by atoms with Crippen molar-refractivity contribution in [3.05, 3.63) is 5.82 Å². The largest absolute Gasteiger partial charge is 0.212 e. The third-order valence-corrected chi connectivity index (χ3v) is 4.83. The van der Waals surface area contributed by atoms with E-state index in [9.17, 15) is 0 Å². The standard InChI is InChI=1S/C11H14N4S/c1-2-4-9-8(3-1)14-15-10(7-5-6-7)12-13-11(15)16-9/h7,9H,1-6H2. The van der Waals surface area contributed by atoms with Crippen LogP contribution in [0, 0.1) is 0 Å². The average Bonchev–Trinajstić information content (AvgIpc) is 3.08. The van der Waals surface area contributed by atoms with Gasteiger partial charge in [-0.1, -0.05) is 18.2 Å². The molecule has 0 saturated heterocycles. The van der Waals surface area contributed by atoms with Crippen LogP contribution in [0.5, 0.6) is 0 Å². The molecule has 2 fully saturated rings. The van der Waals surface area contributed by atoms with Crippen molar-refractivity contribution in [1.29, 1.82) is 0 Å². The van der Waals surface area contributed by atoms with Gasteiger partial charge in [0.15, 0.2) is 5.82 Å². The quantitative estimate of drug-likeness (QED) is 0.749. The van der Waals surface area contributed by atoms with Crippen molar-refractivity contribution in [1.82, 2.24) is 14.9 Å². The predicted molar refractivity (Wildman–Crippen MR) is 62.9 cm³/mol. The highest BCUT2D eigenvalue weighted by Crippen LogP contribution is 2.42. The Morgan fingerprint density at radius 3 is 2.94 bits per heavy atom. The van der Waals surface area contributed by atoms with E-state index in [1.165, 1.54) is 44.2 Å². The van der Waals surface area contributed by atoms with Crippen molar-refractivity contribution in [2.75, 3.05) is 0 Å². The summed E-state index contributed by atoms with van der Waals surface area (Å²) < 4.78 is 2.01. The van der Waals surface area contributed by atoms with E-state index < -0.39 is 0 Å². The molecule has 84 valence electrons. The first kappa shape index (κ1) is 9.22. The van der Waals surface area contributed by atoms with Gasteiger partial charge in [0.2, 0.25) is 5.16 Å². The molecule has 4 nitrogen and oxygen atoms in total. The molecule has 2 heterocycles. The first-order valence-electron chi connectivity index (χ1n) is 6.11. The van der Waals surface area contributed by atoms with Gasteiger partial charge >= 0.3 is 0 Å². The van der Waals surface area contributed by atoms with E-state index >= 15 is 0 Å². The second kappa shape index (κ2) is 3.32. The number of nitrogens with zero attached hydrogens (tertiary/aromatic N) is 4. The van der Waals surface area contributed by atoms with Crippen LogP contribution in [-0.4, -0.2) is 25.8 Å². The highest BCUT2D eigenvalue weighted by atomic mass is 32.2. The smallest absolute Gasteiger partial charge is 0.191 e. The Hall–Kier alpha value is -0.840. The third-order valence-electron chi connectivity index (χ3n) is 3.58. The van der Waals surface area contributed by atoms with Gasteiger partial charge in [0, 0.05) is 5.92 Å². The Balaban J connectivity index is 1.77. The van der Waals surface area contributed by atoms with E-state index in [1.807, 2.05) is 16.4 Å². The fourth-order valence-electron chi connectivity index (χ4n) is 2.50. The van der Waals surface area contributed by atoms with Crippen molar-refractivity contribution >= 4 is 17.5 Å². The maximum absolute atomic E-state index is 4.78. The van der Waals surface area contributed by atoms with Crippen LogP contribution in [0.4, 0.5) is 0 Å². The number of hydrogen-bond donors (Lipinski definition) is 0. The maximum Gasteiger partial charge on any atom is 0.212 e. The molecule has 1 unspecified atom stereocenters. The highest BCUT2D eigenvalue weighted by Gasteiger charge is 2.34. The van der Waals surface area contributed by atoms with Crippen molar-refractivity contribution in [3.8, 4) is 0 Å². The molecule has 16 heavy (non-hydrogen) atoms. The monoisotopic (exact) mass is 234 g/mol. The molecule has 2 saturated carbocycles. The normalized spacial score (nSPS) is 28.2. The van der Waals surface area contributed by atoms with Gasteiger partial charge in [-0.05, 0) is 32.1 Å². The van der Waals surface area contributed by atoms with Crippen LogP contribution in [0.1, 0.15) is 50.3 Å². The Morgan fingerprint density at radius 1 is 1.12 bits per heavy atom. The average molecular weight is 234 g/mol. The summed E-state index contributed by atoms with van der Waals surface area (Å²) in [7, 11) is 0. The summed E-state index contributed by atoms with van der Waals surface area (Å²) >= 11 is 1.87. The molecule has 1 aromatic rings. The number of rotatable bonds is 1. The summed E-state index contributed by atoms with van der Waals surface area (Å²) in [5.41, 5.74) is 1.37. The van der Waals surface area contributed by atoms with Crippen LogP contribution < -0.4 is 0 Å². The number of fused-ring (bicyclic) bond motifs is 2. The Kier molecular flexibility index (Phi) is 1.92. The lowest BCUT2D eigenvalue weighted by molar-refractivity contribution is 0.630. The Labute approximate surface area is 98.5 Å². The fourth-order valence-corrected chi connectivity index (χ4v) is 3.66. The summed E-state index contributed by atoms with van der Waals surface area (Å²) in [5.74, 6) is 1.73. The topological polar surface area (TPSA) is 43.1 Å². The minimum Gasteiger partial charge on any atom is -0.191 e. The van der Waals surface area contributed by atoms with E-state index in [1.54, 1.807) is 0 Å². The fraction of sp³-hybridized carbons (Fsp3) is 0.727. The lowest BCUT2D eigenvalue weighted by atomic mass is 9.98. The van der Waals surface area contributed by atoms with Gasteiger partial charge in [-0.3, -0.25) is 0 Å². The van der Waals surface area contributed by atoms with Crippen LogP contribution in [0.15, 0.2) is 10.3 Å². The summed E-state index contributed by atoms with van der Waals surface area (Å²) in [5, 5.41) is 14.9.